The molecule has 1 heterocycles. The maximum Gasteiger partial charge on any atom is 0.226 e. The van der Waals surface area contributed by atoms with Crippen molar-refractivity contribution < 1.29 is 4.79 Å². The number of carbonyl (C=O) groups is 1. The van der Waals surface area contributed by atoms with Gasteiger partial charge in [0.05, 0.1) is 6.20 Å². The highest BCUT2D eigenvalue weighted by atomic mass is 16.1. The van der Waals surface area contributed by atoms with Gasteiger partial charge in [0.2, 0.25) is 5.91 Å². The van der Waals surface area contributed by atoms with E-state index in [1.54, 1.807) is 6.20 Å². The average Bonchev–Trinajstić information content (AvgIpc) is 3.08. The van der Waals surface area contributed by atoms with Crippen LogP contribution >= 0.6 is 0 Å². The maximum atomic E-state index is 12.6. The van der Waals surface area contributed by atoms with Gasteiger partial charge in [-0.1, -0.05) is 49.6 Å². The first kappa shape index (κ1) is 17.7. The minimum Gasteiger partial charge on any atom is -0.330 e. The molecule has 5 heteroatoms. The number of hydrogen-bond acceptors (Lipinski definition) is 3. The molecule has 1 fully saturated rings. The zero-order chi connectivity index (χ0) is 17.5. The number of nitrogens with one attached hydrogen (secondary N) is 1. The van der Waals surface area contributed by atoms with Crippen LogP contribution in [0.2, 0.25) is 0 Å². The second kappa shape index (κ2) is 8.30. The summed E-state index contributed by atoms with van der Waals surface area (Å²) in [5.74, 6) is 0.817. The van der Waals surface area contributed by atoms with E-state index in [-0.39, 0.29) is 11.3 Å². The molecule has 1 aromatic carbocycles. The van der Waals surface area contributed by atoms with Gasteiger partial charge in [-0.3, -0.25) is 4.79 Å². The first-order valence-electron chi connectivity index (χ1n) is 9.26. The van der Waals surface area contributed by atoms with Crippen molar-refractivity contribution in [2.24, 2.45) is 11.1 Å². The van der Waals surface area contributed by atoms with Gasteiger partial charge < -0.3 is 11.1 Å². The van der Waals surface area contributed by atoms with Crippen molar-refractivity contribution in [1.82, 2.24) is 9.78 Å². The molecule has 2 aromatic rings. The molecule has 3 N–H and O–H groups in total. The van der Waals surface area contributed by atoms with Gasteiger partial charge in [0, 0.05) is 19.0 Å². The maximum absolute atomic E-state index is 12.6. The van der Waals surface area contributed by atoms with Crippen LogP contribution in [0.1, 0.15) is 44.1 Å². The second-order valence-corrected chi connectivity index (χ2v) is 7.16. The van der Waals surface area contributed by atoms with Crippen LogP contribution in [0.5, 0.6) is 0 Å². The van der Waals surface area contributed by atoms with Crippen LogP contribution in [-0.4, -0.2) is 22.2 Å². The van der Waals surface area contributed by atoms with E-state index in [4.69, 9.17) is 5.73 Å². The van der Waals surface area contributed by atoms with Crippen LogP contribution in [-0.2, 0) is 17.8 Å². The van der Waals surface area contributed by atoms with Crippen molar-refractivity contribution in [3.8, 4) is 0 Å². The molecule has 0 radical (unpaired) electrons. The highest BCUT2D eigenvalue weighted by Crippen LogP contribution is 2.38. The van der Waals surface area contributed by atoms with Gasteiger partial charge >= 0.3 is 0 Å². The molecule has 1 aromatic heterocycles. The van der Waals surface area contributed by atoms with Crippen LogP contribution < -0.4 is 11.1 Å². The molecular formula is C20H28N4O. The van der Waals surface area contributed by atoms with Crippen LogP contribution in [0.15, 0.2) is 42.6 Å². The van der Waals surface area contributed by atoms with Gasteiger partial charge in [-0.05, 0) is 36.8 Å². The summed E-state index contributed by atoms with van der Waals surface area (Å²) in [6, 6.07) is 12.2. The minimum atomic E-state index is -0.0166. The van der Waals surface area contributed by atoms with Crippen molar-refractivity contribution in [2.45, 2.75) is 51.5 Å². The monoisotopic (exact) mass is 340 g/mol. The Morgan fingerprint density at radius 3 is 2.64 bits per heavy atom. The molecule has 134 valence electrons. The first-order valence-corrected chi connectivity index (χ1v) is 9.26. The third kappa shape index (κ3) is 4.69. The van der Waals surface area contributed by atoms with Crippen LogP contribution in [0.25, 0.3) is 0 Å². The van der Waals surface area contributed by atoms with Gasteiger partial charge in [-0.2, -0.15) is 5.10 Å². The third-order valence-electron chi connectivity index (χ3n) is 5.32. The number of hydrogen-bond donors (Lipinski definition) is 2. The Morgan fingerprint density at radius 1 is 1.16 bits per heavy atom. The average molecular weight is 340 g/mol. The Bertz CT molecular complexity index is 674. The number of nitrogens with zero attached hydrogens (tertiary/aromatic N) is 2. The summed E-state index contributed by atoms with van der Waals surface area (Å²) in [6.45, 7) is 1.34. The van der Waals surface area contributed by atoms with E-state index in [1.807, 2.05) is 28.9 Å². The fourth-order valence-electron chi connectivity index (χ4n) is 3.78. The number of nitrogens with two attached hydrogens (primary N) is 1. The van der Waals surface area contributed by atoms with Gasteiger partial charge in [0.25, 0.3) is 0 Å². The summed E-state index contributed by atoms with van der Waals surface area (Å²) in [7, 11) is 0. The number of rotatable bonds is 7. The quantitative estimate of drug-likeness (QED) is 0.812. The van der Waals surface area contributed by atoms with Gasteiger partial charge in [-0.15, -0.1) is 0 Å². The summed E-state index contributed by atoms with van der Waals surface area (Å²) < 4.78 is 1.86. The SMILES string of the molecule is NCC1(CC(=O)Nc2ccnn2CCc2ccccc2)CCCCC1. The number of benzene rings is 1. The standard InChI is InChI=1S/C20H28N4O/c21-16-20(11-5-2-6-12-20)15-19(25)23-18-9-13-22-24(18)14-10-17-7-3-1-4-8-17/h1,3-4,7-9,13H,2,5-6,10-12,14-16,21H2,(H,23,25). The summed E-state index contributed by atoms with van der Waals surface area (Å²) in [5.41, 5.74) is 7.25. The molecule has 1 aliphatic rings. The van der Waals surface area contributed by atoms with Crippen LogP contribution in [0.4, 0.5) is 5.82 Å². The number of anilines is 1. The van der Waals surface area contributed by atoms with Gasteiger partial charge in [-0.25, -0.2) is 4.68 Å². The fourth-order valence-corrected chi connectivity index (χ4v) is 3.78. The zero-order valence-corrected chi connectivity index (χ0v) is 14.8. The minimum absolute atomic E-state index is 0.0166. The third-order valence-corrected chi connectivity index (χ3v) is 5.32. The van der Waals surface area contributed by atoms with Gasteiger partial charge in [0.1, 0.15) is 5.82 Å². The van der Waals surface area contributed by atoms with Crippen molar-refractivity contribution >= 4 is 11.7 Å². The van der Waals surface area contributed by atoms with E-state index in [9.17, 15) is 4.79 Å². The number of aromatic nitrogens is 2. The Hall–Kier alpha value is -2.14. The largest absolute Gasteiger partial charge is 0.330 e. The summed E-state index contributed by atoms with van der Waals surface area (Å²) in [4.78, 5) is 12.6. The van der Waals surface area contributed by atoms with E-state index in [0.717, 1.165) is 31.6 Å². The molecule has 3 rings (SSSR count). The predicted molar refractivity (Wildman–Crippen MR) is 100 cm³/mol. The molecular weight excluding hydrogens is 312 g/mol. The molecule has 5 nitrogen and oxygen atoms in total. The van der Waals surface area contributed by atoms with Crippen LogP contribution in [0, 0.1) is 5.41 Å². The molecule has 1 amide bonds. The second-order valence-electron chi connectivity index (χ2n) is 7.16. The molecule has 0 unspecified atom stereocenters. The topological polar surface area (TPSA) is 72.9 Å². The normalized spacial score (nSPS) is 16.5. The Morgan fingerprint density at radius 2 is 1.92 bits per heavy atom. The molecule has 0 aliphatic heterocycles. The van der Waals surface area contributed by atoms with Gasteiger partial charge in [0.15, 0.2) is 0 Å². The number of carbonyl (C=O) groups excluding carboxylic acids is 1. The van der Waals surface area contributed by atoms with E-state index < -0.39 is 0 Å². The Kier molecular flexibility index (Phi) is 5.87. The lowest BCUT2D eigenvalue weighted by molar-refractivity contribution is -0.118. The molecule has 0 bridgehead atoms. The lowest BCUT2D eigenvalue weighted by atomic mass is 9.71. The highest BCUT2D eigenvalue weighted by Gasteiger charge is 2.33. The summed E-state index contributed by atoms with van der Waals surface area (Å²) in [5, 5.41) is 7.39. The van der Waals surface area contributed by atoms with Crippen molar-refractivity contribution in [1.29, 1.82) is 0 Å². The lowest BCUT2D eigenvalue weighted by Crippen LogP contribution is -2.36. The molecule has 0 atom stereocenters. The smallest absolute Gasteiger partial charge is 0.226 e. The van der Waals surface area contributed by atoms with E-state index in [2.05, 4.69) is 22.5 Å². The summed E-state index contributed by atoms with van der Waals surface area (Å²) >= 11 is 0. The predicted octanol–water partition coefficient (Wildman–Crippen LogP) is 3.36. The highest BCUT2D eigenvalue weighted by molar-refractivity contribution is 5.90. The summed E-state index contributed by atoms with van der Waals surface area (Å²) in [6.07, 6.45) is 8.87. The van der Waals surface area contributed by atoms with Crippen LogP contribution in [0.3, 0.4) is 0 Å². The number of amides is 1. The zero-order valence-electron chi connectivity index (χ0n) is 14.8. The van der Waals surface area contributed by atoms with E-state index in [0.29, 0.717) is 13.0 Å². The molecule has 1 saturated carbocycles. The van der Waals surface area contributed by atoms with Crippen molar-refractivity contribution in [3.63, 3.8) is 0 Å². The lowest BCUT2D eigenvalue weighted by Gasteiger charge is -2.35. The molecule has 25 heavy (non-hydrogen) atoms. The molecule has 0 spiro atoms. The van der Waals surface area contributed by atoms with E-state index in [1.165, 1.54) is 24.8 Å². The van der Waals surface area contributed by atoms with Crippen molar-refractivity contribution in [3.05, 3.63) is 48.2 Å². The fraction of sp³-hybridized carbons (Fsp3) is 0.500. The Labute approximate surface area is 149 Å². The molecule has 0 saturated heterocycles. The molecule has 1 aliphatic carbocycles. The number of aryl methyl sites for hydroxylation is 2. The van der Waals surface area contributed by atoms with E-state index >= 15 is 0 Å². The first-order chi connectivity index (χ1) is 12.2. The Balaban J connectivity index is 1.57. The van der Waals surface area contributed by atoms with Crippen molar-refractivity contribution in [2.75, 3.05) is 11.9 Å².